The van der Waals surface area contributed by atoms with Gasteiger partial charge in [0.1, 0.15) is 11.6 Å². The van der Waals surface area contributed by atoms with Crippen molar-refractivity contribution in [3.05, 3.63) is 57.6 Å². The van der Waals surface area contributed by atoms with Gasteiger partial charge in [0, 0.05) is 10.2 Å². The van der Waals surface area contributed by atoms with Gasteiger partial charge in [-0.15, -0.1) is 0 Å². The van der Waals surface area contributed by atoms with E-state index in [1.165, 1.54) is 6.08 Å². The molecule has 146 valence electrons. The number of para-hydroxylation sites is 1. The number of carbonyl (C=O) groups excluding carboxylic acids is 1. The highest BCUT2D eigenvalue weighted by atomic mass is 79.9. The second kappa shape index (κ2) is 10.5. The van der Waals surface area contributed by atoms with Crippen LogP contribution in [0.3, 0.4) is 0 Å². The van der Waals surface area contributed by atoms with Crippen LogP contribution in [0.1, 0.15) is 31.4 Å². The summed E-state index contributed by atoms with van der Waals surface area (Å²) in [5.41, 5.74) is 2.24. The van der Waals surface area contributed by atoms with Gasteiger partial charge in [-0.1, -0.05) is 41.1 Å². The Labute approximate surface area is 174 Å². The first-order valence-corrected chi connectivity index (χ1v) is 9.87. The third kappa shape index (κ3) is 5.61. The van der Waals surface area contributed by atoms with Crippen LogP contribution in [0.2, 0.25) is 0 Å². The van der Waals surface area contributed by atoms with Gasteiger partial charge in [-0.05, 0) is 55.7 Å². The van der Waals surface area contributed by atoms with Crippen molar-refractivity contribution in [1.82, 2.24) is 0 Å². The lowest BCUT2D eigenvalue weighted by Crippen LogP contribution is -2.14. The van der Waals surface area contributed by atoms with Crippen molar-refractivity contribution in [3.8, 4) is 17.6 Å². The number of carbonyl (C=O) groups is 1. The van der Waals surface area contributed by atoms with Crippen LogP contribution >= 0.6 is 15.9 Å². The predicted molar refractivity (Wildman–Crippen MR) is 114 cm³/mol. The van der Waals surface area contributed by atoms with Crippen LogP contribution in [0.25, 0.3) is 6.08 Å². The zero-order valence-corrected chi connectivity index (χ0v) is 17.8. The van der Waals surface area contributed by atoms with Gasteiger partial charge in [-0.3, -0.25) is 4.79 Å². The molecular weight excluding hydrogens is 420 g/mol. The molecule has 28 heavy (non-hydrogen) atoms. The van der Waals surface area contributed by atoms with Crippen LogP contribution < -0.4 is 14.8 Å². The van der Waals surface area contributed by atoms with Gasteiger partial charge in [-0.25, -0.2) is 0 Å². The third-order valence-corrected chi connectivity index (χ3v) is 4.57. The van der Waals surface area contributed by atoms with E-state index in [0.717, 1.165) is 12.0 Å². The number of aryl methyl sites for hydroxylation is 1. The minimum Gasteiger partial charge on any atom is -0.490 e. The molecule has 2 aromatic rings. The summed E-state index contributed by atoms with van der Waals surface area (Å²) in [5.74, 6) is 0.727. The maximum Gasteiger partial charge on any atom is 0.266 e. The first-order valence-electron chi connectivity index (χ1n) is 9.08. The molecule has 2 rings (SSSR count). The van der Waals surface area contributed by atoms with Crippen molar-refractivity contribution in [2.45, 2.75) is 27.2 Å². The summed E-state index contributed by atoms with van der Waals surface area (Å²) in [7, 11) is 0. The number of amides is 1. The van der Waals surface area contributed by atoms with Crippen molar-refractivity contribution in [1.29, 1.82) is 5.26 Å². The molecule has 0 aliphatic carbocycles. The molecule has 5 nitrogen and oxygen atoms in total. The van der Waals surface area contributed by atoms with Crippen molar-refractivity contribution in [2.75, 3.05) is 18.5 Å². The van der Waals surface area contributed by atoms with Crippen molar-refractivity contribution < 1.29 is 14.3 Å². The summed E-state index contributed by atoms with van der Waals surface area (Å²) in [5, 5.41) is 12.3. The Morgan fingerprint density at radius 1 is 1.21 bits per heavy atom. The minimum absolute atomic E-state index is 0.00590. The van der Waals surface area contributed by atoms with E-state index in [1.807, 2.05) is 45.0 Å². The van der Waals surface area contributed by atoms with Crippen LogP contribution in [-0.2, 0) is 4.79 Å². The Balaban J connectivity index is 2.34. The summed E-state index contributed by atoms with van der Waals surface area (Å²) in [4.78, 5) is 12.6. The quantitative estimate of drug-likeness (QED) is 0.433. The zero-order chi connectivity index (χ0) is 20.5. The topological polar surface area (TPSA) is 71.3 Å². The van der Waals surface area contributed by atoms with E-state index in [2.05, 4.69) is 21.2 Å². The van der Waals surface area contributed by atoms with E-state index in [1.54, 1.807) is 18.2 Å². The second-order valence-corrected chi connectivity index (χ2v) is 6.90. The summed E-state index contributed by atoms with van der Waals surface area (Å²) in [6.45, 7) is 6.86. The number of nitrogens with zero attached hydrogens (tertiary/aromatic N) is 1. The molecule has 2 aromatic carbocycles. The van der Waals surface area contributed by atoms with Gasteiger partial charge in [0.2, 0.25) is 0 Å². The van der Waals surface area contributed by atoms with Crippen molar-refractivity contribution in [3.63, 3.8) is 0 Å². The Kier molecular flexibility index (Phi) is 8.09. The second-order valence-electron chi connectivity index (χ2n) is 6.04. The predicted octanol–water partition coefficient (Wildman–Crippen LogP) is 5.49. The molecule has 0 unspecified atom stereocenters. The number of hydrogen-bond acceptors (Lipinski definition) is 4. The first kappa shape index (κ1) is 21.5. The monoisotopic (exact) mass is 442 g/mol. The number of hydrogen-bond donors (Lipinski definition) is 1. The number of nitrogens with one attached hydrogen (secondary N) is 1. The van der Waals surface area contributed by atoms with Crippen LogP contribution in [0.15, 0.2) is 46.4 Å². The van der Waals surface area contributed by atoms with Gasteiger partial charge in [0.25, 0.3) is 5.91 Å². The zero-order valence-electron chi connectivity index (χ0n) is 16.2. The molecule has 0 spiro atoms. The number of ether oxygens (including phenoxy) is 2. The minimum atomic E-state index is -0.465. The Bertz CT molecular complexity index is 916. The van der Waals surface area contributed by atoms with Crippen LogP contribution in [-0.4, -0.2) is 19.1 Å². The maximum absolute atomic E-state index is 12.6. The lowest BCUT2D eigenvalue weighted by atomic mass is 10.1. The third-order valence-electron chi connectivity index (χ3n) is 3.88. The van der Waals surface area contributed by atoms with E-state index >= 15 is 0 Å². The molecule has 1 N–H and O–H groups in total. The molecule has 0 saturated heterocycles. The molecule has 0 aliphatic rings. The average Bonchev–Trinajstić information content (AvgIpc) is 2.68. The van der Waals surface area contributed by atoms with Crippen LogP contribution in [0.4, 0.5) is 5.69 Å². The SMILES string of the molecule is CCCOc1cc(Br)c(C=C(C#N)C(=O)Nc2ccccc2C)cc1OCC. The van der Waals surface area contributed by atoms with Crippen molar-refractivity contribution >= 4 is 33.6 Å². The van der Waals surface area contributed by atoms with Gasteiger partial charge >= 0.3 is 0 Å². The Morgan fingerprint density at radius 2 is 1.93 bits per heavy atom. The summed E-state index contributed by atoms with van der Waals surface area (Å²) >= 11 is 3.49. The first-order chi connectivity index (χ1) is 13.5. The van der Waals surface area contributed by atoms with Gasteiger partial charge < -0.3 is 14.8 Å². The van der Waals surface area contributed by atoms with E-state index in [4.69, 9.17) is 9.47 Å². The molecular formula is C22H23BrN2O3. The number of nitriles is 1. The fourth-order valence-corrected chi connectivity index (χ4v) is 2.90. The largest absolute Gasteiger partial charge is 0.490 e. The van der Waals surface area contributed by atoms with Gasteiger partial charge in [0.15, 0.2) is 11.5 Å². The Morgan fingerprint density at radius 3 is 2.57 bits per heavy atom. The van der Waals surface area contributed by atoms with Gasteiger partial charge in [-0.2, -0.15) is 5.26 Å². The van der Waals surface area contributed by atoms with E-state index in [0.29, 0.717) is 40.4 Å². The number of anilines is 1. The molecule has 0 radical (unpaired) electrons. The lowest BCUT2D eigenvalue weighted by molar-refractivity contribution is -0.112. The van der Waals surface area contributed by atoms with Crippen molar-refractivity contribution in [2.24, 2.45) is 0 Å². The maximum atomic E-state index is 12.6. The molecule has 0 bridgehead atoms. The van der Waals surface area contributed by atoms with Crippen LogP contribution in [0, 0.1) is 18.3 Å². The van der Waals surface area contributed by atoms with E-state index in [-0.39, 0.29) is 5.57 Å². The van der Waals surface area contributed by atoms with E-state index < -0.39 is 5.91 Å². The summed E-state index contributed by atoms with van der Waals surface area (Å²) in [6, 6.07) is 12.9. The molecule has 0 heterocycles. The Hall–Kier alpha value is -2.78. The molecule has 0 saturated carbocycles. The highest BCUT2D eigenvalue weighted by molar-refractivity contribution is 9.10. The normalized spacial score (nSPS) is 10.9. The highest BCUT2D eigenvalue weighted by Crippen LogP contribution is 2.35. The molecule has 6 heteroatoms. The number of halogens is 1. The molecule has 0 fully saturated rings. The highest BCUT2D eigenvalue weighted by Gasteiger charge is 2.14. The number of rotatable bonds is 8. The fraction of sp³-hybridized carbons (Fsp3) is 0.273. The molecule has 0 aliphatic heterocycles. The molecule has 0 aromatic heterocycles. The lowest BCUT2D eigenvalue weighted by Gasteiger charge is -2.14. The van der Waals surface area contributed by atoms with Crippen LogP contribution in [0.5, 0.6) is 11.5 Å². The summed E-state index contributed by atoms with van der Waals surface area (Å²) < 4.78 is 12.1. The summed E-state index contributed by atoms with van der Waals surface area (Å²) in [6.07, 6.45) is 2.41. The smallest absolute Gasteiger partial charge is 0.266 e. The average molecular weight is 443 g/mol. The van der Waals surface area contributed by atoms with Gasteiger partial charge in [0.05, 0.1) is 13.2 Å². The standard InChI is InChI=1S/C22H23BrN2O3/c1-4-10-28-21-13-18(23)16(12-20(21)27-5-2)11-17(14-24)22(26)25-19-9-7-6-8-15(19)3/h6-9,11-13H,4-5,10H2,1-3H3,(H,25,26). The molecule has 0 atom stereocenters. The number of benzene rings is 2. The fourth-order valence-electron chi connectivity index (χ4n) is 2.46. The molecule has 1 amide bonds. The van der Waals surface area contributed by atoms with E-state index in [9.17, 15) is 10.1 Å².